The van der Waals surface area contributed by atoms with Gasteiger partial charge >= 0.3 is 0 Å². The maximum atomic E-state index is 12.5. The van der Waals surface area contributed by atoms with E-state index in [2.05, 4.69) is 15.6 Å². The third-order valence-corrected chi connectivity index (χ3v) is 4.24. The zero-order valence-electron chi connectivity index (χ0n) is 14.4. The number of nitrogens with one attached hydrogen (secondary N) is 2. The maximum Gasteiger partial charge on any atom is 0.265 e. The minimum absolute atomic E-state index is 0.173. The van der Waals surface area contributed by atoms with Gasteiger partial charge in [0.05, 0.1) is 22.9 Å². The number of benzene rings is 2. The minimum atomic E-state index is -0.565. The fourth-order valence-electron chi connectivity index (χ4n) is 2.86. The number of hydrogen-bond donors (Lipinski definition) is 2. The second kappa shape index (κ2) is 6.56. The SMILES string of the molecule is C[C@H]1Oc2ccc(NC(=O)Cn3cnc4ccccc4c3=O)cc2NC1=O. The first kappa shape index (κ1) is 16.8. The summed E-state index contributed by atoms with van der Waals surface area (Å²) in [6, 6.07) is 11.9. The van der Waals surface area contributed by atoms with Gasteiger partial charge in [-0.2, -0.15) is 0 Å². The van der Waals surface area contributed by atoms with E-state index in [9.17, 15) is 14.4 Å². The van der Waals surface area contributed by atoms with Crippen LogP contribution >= 0.6 is 0 Å². The molecule has 136 valence electrons. The van der Waals surface area contributed by atoms with Crippen LogP contribution in [0.3, 0.4) is 0 Å². The first-order chi connectivity index (χ1) is 13.0. The Hall–Kier alpha value is -3.68. The molecule has 0 fully saturated rings. The van der Waals surface area contributed by atoms with Crippen LogP contribution in [0.4, 0.5) is 11.4 Å². The Labute approximate surface area is 153 Å². The Bertz CT molecular complexity index is 1120. The summed E-state index contributed by atoms with van der Waals surface area (Å²) in [5.74, 6) is -0.0969. The van der Waals surface area contributed by atoms with E-state index in [1.165, 1.54) is 10.9 Å². The summed E-state index contributed by atoms with van der Waals surface area (Å²) in [6.07, 6.45) is 0.789. The molecule has 2 amide bonds. The normalized spacial score (nSPS) is 15.6. The number of nitrogens with zero attached hydrogens (tertiary/aromatic N) is 2. The number of rotatable bonds is 3. The average molecular weight is 364 g/mol. The average Bonchev–Trinajstić information content (AvgIpc) is 2.65. The molecule has 0 bridgehead atoms. The van der Waals surface area contributed by atoms with Crippen molar-refractivity contribution in [2.45, 2.75) is 19.6 Å². The molecule has 2 aromatic carbocycles. The smallest absolute Gasteiger partial charge is 0.265 e. The first-order valence-electron chi connectivity index (χ1n) is 8.37. The van der Waals surface area contributed by atoms with E-state index < -0.39 is 6.10 Å². The van der Waals surface area contributed by atoms with Crippen LogP contribution in [0.25, 0.3) is 10.9 Å². The van der Waals surface area contributed by atoms with Crippen LogP contribution in [0, 0.1) is 0 Å². The van der Waals surface area contributed by atoms with Crippen molar-refractivity contribution in [2.75, 3.05) is 10.6 Å². The Morgan fingerprint density at radius 3 is 2.93 bits per heavy atom. The molecule has 27 heavy (non-hydrogen) atoms. The number of ether oxygens (including phenoxy) is 1. The van der Waals surface area contributed by atoms with E-state index in [4.69, 9.17) is 4.74 Å². The first-order valence-corrected chi connectivity index (χ1v) is 8.37. The highest BCUT2D eigenvalue weighted by Gasteiger charge is 2.23. The molecule has 4 rings (SSSR count). The van der Waals surface area contributed by atoms with Crippen molar-refractivity contribution in [3.8, 4) is 5.75 Å². The van der Waals surface area contributed by atoms with Gasteiger partial charge in [-0.25, -0.2) is 4.98 Å². The molecule has 1 atom stereocenters. The summed E-state index contributed by atoms with van der Waals surface area (Å²) in [5.41, 5.74) is 1.27. The van der Waals surface area contributed by atoms with Crippen molar-refractivity contribution in [1.29, 1.82) is 0 Å². The van der Waals surface area contributed by atoms with Crippen LogP contribution in [-0.4, -0.2) is 27.5 Å². The summed E-state index contributed by atoms with van der Waals surface area (Å²) >= 11 is 0. The van der Waals surface area contributed by atoms with Crippen molar-refractivity contribution in [3.63, 3.8) is 0 Å². The van der Waals surface area contributed by atoms with Gasteiger partial charge in [-0.3, -0.25) is 19.0 Å². The highest BCUT2D eigenvalue weighted by molar-refractivity contribution is 5.99. The largest absolute Gasteiger partial charge is 0.479 e. The number of anilines is 2. The Kier molecular flexibility index (Phi) is 4.08. The molecule has 2 heterocycles. The molecule has 1 aliphatic heterocycles. The van der Waals surface area contributed by atoms with Crippen LogP contribution in [0.1, 0.15) is 6.92 Å². The fraction of sp³-hybridized carbons (Fsp3) is 0.158. The molecule has 8 heteroatoms. The van der Waals surface area contributed by atoms with Crippen LogP contribution in [0.15, 0.2) is 53.6 Å². The van der Waals surface area contributed by atoms with Crippen LogP contribution in [0.2, 0.25) is 0 Å². The Morgan fingerprint density at radius 1 is 1.26 bits per heavy atom. The third kappa shape index (κ3) is 3.24. The maximum absolute atomic E-state index is 12.5. The zero-order chi connectivity index (χ0) is 19.0. The number of fused-ring (bicyclic) bond motifs is 2. The highest BCUT2D eigenvalue weighted by atomic mass is 16.5. The summed E-state index contributed by atoms with van der Waals surface area (Å²) in [4.78, 5) is 40.7. The van der Waals surface area contributed by atoms with Gasteiger partial charge in [-0.1, -0.05) is 12.1 Å². The van der Waals surface area contributed by atoms with E-state index >= 15 is 0 Å². The van der Waals surface area contributed by atoms with Crippen LogP contribution in [-0.2, 0) is 16.1 Å². The number of hydrogen-bond acceptors (Lipinski definition) is 5. The van der Waals surface area contributed by atoms with E-state index in [-0.39, 0.29) is 23.9 Å². The molecule has 0 saturated carbocycles. The number of para-hydroxylation sites is 1. The molecule has 3 aromatic rings. The lowest BCUT2D eigenvalue weighted by Gasteiger charge is -2.23. The monoisotopic (exact) mass is 364 g/mol. The summed E-state index contributed by atoms with van der Waals surface area (Å²) in [6.45, 7) is 1.48. The molecule has 0 spiro atoms. The molecule has 1 aromatic heterocycles. The third-order valence-electron chi connectivity index (χ3n) is 4.24. The molecule has 0 unspecified atom stereocenters. The van der Waals surface area contributed by atoms with Gasteiger partial charge < -0.3 is 15.4 Å². The molecule has 2 N–H and O–H groups in total. The number of carbonyl (C=O) groups is 2. The fourth-order valence-corrected chi connectivity index (χ4v) is 2.86. The number of carbonyl (C=O) groups excluding carboxylic acids is 2. The number of amides is 2. The van der Waals surface area contributed by atoms with Crippen LogP contribution in [0.5, 0.6) is 5.75 Å². The van der Waals surface area contributed by atoms with Crippen molar-refractivity contribution < 1.29 is 14.3 Å². The molecule has 0 aliphatic carbocycles. The predicted octanol–water partition coefficient (Wildman–Crippen LogP) is 1.75. The van der Waals surface area contributed by atoms with Gasteiger partial charge in [0.25, 0.3) is 11.5 Å². The Balaban J connectivity index is 1.52. The summed E-state index contributed by atoms with van der Waals surface area (Å²) in [7, 11) is 0. The van der Waals surface area contributed by atoms with Crippen LogP contribution < -0.4 is 20.9 Å². The predicted molar refractivity (Wildman–Crippen MR) is 99.8 cm³/mol. The van der Waals surface area contributed by atoms with E-state index in [1.807, 2.05) is 0 Å². The van der Waals surface area contributed by atoms with Gasteiger partial charge in [0.15, 0.2) is 6.10 Å². The Morgan fingerprint density at radius 2 is 2.07 bits per heavy atom. The lowest BCUT2D eigenvalue weighted by molar-refractivity contribution is -0.122. The summed E-state index contributed by atoms with van der Waals surface area (Å²) in [5, 5.41) is 5.88. The standard InChI is InChI=1S/C19H16N4O4/c1-11-18(25)22-15-8-12(6-7-16(15)27-11)21-17(24)9-23-10-20-14-5-3-2-4-13(14)19(23)26/h2-8,10-11H,9H2,1H3,(H,21,24)(H,22,25)/t11-/m1/s1. The van der Waals surface area contributed by atoms with Crippen molar-refractivity contribution in [2.24, 2.45) is 0 Å². The van der Waals surface area contributed by atoms with Gasteiger partial charge in [-0.15, -0.1) is 0 Å². The van der Waals surface area contributed by atoms with Crippen molar-refractivity contribution in [3.05, 3.63) is 59.1 Å². The molecule has 0 radical (unpaired) electrons. The lowest BCUT2D eigenvalue weighted by Crippen LogP contribution is -2.34. The van der Waals surface area contributed by atoms with Gasteiger partial charge in [0, 0.05) is 5.69 Å². The second-order valence-corrected chi connectivity index (χ2v) is 6.20. The quantitative estimate of drug-likeness (QED) is 0.737. The van der Waals surface area contributed by atoms with Crippen molar-refractivity contribution in [1.82, 2.24) is 9.55 Å². The van der Waals surface area contributed by atoms with Gasteiger partial charge in [0.2, 0.25) is 5.91 Å². The molecule has 8 nitrogen and oxygen atoms in total. The summed E-state index contributed by atoms with van der Waals surface area (Å²) < 4.78 is 6.73. The van der Waals surface area contributed by atoms with Gasteiger partial charge in [0.1, 0.15) is 12.3 Å². The topological polar surface area (TPSA) is 102 Å². The zero-order valence-corrected chi connectivity index (χ0v) is 14.4. The lowest BCUT2D eigenvalue weighted by atomic mass is 10.2. The van der Waals surface area contributed by atoms with Gasteiger partial charge in [-0.05, 0) is 37.3 Å². The van der Waals surface area contributed by atoms with E-state index in [0.29, 0.717) is 28.0 Å². The minimum Gasteiger partial charge on any atom is -0.479 e. The second-order valence-electron chi connectivity index (χ2n) is 6.20. The van der Waals surface area contributed by atoms with E-state index in [0.717, 1.165) is 0 Å². The molecule has 1 aliphatic rings. The van der Waals surface area contributed by atoms with Crippen molar-refractivity contribution >= 4 is 34.1 Å². The molecular formula is C19H16N4O4. The highest BCUT2D eigenvalue weighted by Crippen LogP contribution is 2.32. The van der Waals surface area contributed by atoms with E-state index in [1.54, 1.807) is 49.4 Å². The molecular weight excluding hydrogens is 348 g/mol. The number of aromatic nitrogens is 2. The molecule has 0 saturated heterocycles.